The van der Waals surface area contributed by atoms with Crippen LogP contribution in [0, 0.1) is 17.1 Å². The number of amides is 1. The predicted octanol–water partition coefficient (Wildman–Crippen LogP) is 2.66. The van der Waals surface area contributed by atoms with E-state index in [9.17, 15) is 14.3 Å². The van der Waals surface area contributed by atoms with Crippen LogP contribution in [0.15, 0.2) is 42.5 Å². The molecule has 94 valence electrons. The van der Waals surface area contributed by atoms with Crippen molar-refractivity contribution in [1.29, 1.82) is 5.26 Å². The molecule has 0 aliphatic heterocycles. The summed E-state index contributed by atoms with van der Waals surface area (Å²) in [5.74, 6) is -1.52. The van der Waals surface area contributed by atoms with E-state index in [1.807, 2.05) is 0 Å². The molecule has 2 N–H and O–H groups in total. The Balaban J connectivity index is 2.25. The lowest BCUT2D eigenvalue weighted by molar-refractivity contribution is 0.102. The van der Waals surface area contributed by atoms with Crippen LogP contribution in [0.3, 0.4) is 0 Å². The van der Waals surface area contributed by atoms with Crippen molar-refractivity contribution in [2.45, 2.75) is 0 Å². The van der Waals surface area contributed by atoms with Crippen molar-refractivity contribution in [2.75, 3.05) is 5.32 Å². The molecule has 0 unspecified atom stereocenters. The molecule has 0 aliphatic carbocycles. The first-order valence-corrected chi connectivity index (χ1v) is 5.41. The van der Waals surface area contributed by atoms with Gasteiger partial charge in [-0.25, -0.2) is 4.39 Å². The lowest BCUT2D eigenvalue weighted by atomic mass is 10.1. The Labute approximate surface area is 108 Å². The zero-order chi connectivity index (χ0) is 13.8. The van der Waals surface area contributed by atoms with Gasteiger partial charge in [0.05, 0.1) is 22.9 Å². The Bertz CT molecular complexity index is 677. The number of phenolic OH excluding ortho intramolecular Hbond substituents is 1. The Morgan fingerprint density at radius 3 is 2.63 bits per heavy atom. The van der Waals surface area contributed by atoms with Crippen LogP contribution in [-0.2, 0) is 0 Å². The van der Waals surface area contributed by atoms with Crippen LogP contribution in [0.1, 0.15) is 15.9 Å². The van der Waals surface area contributed by atoms with Crippen molar-refractivity contribution >= 4 is 11.6 Å². The normalized spacial score (nSPS) is 9.68. The van der Waals surface area contributed by atoms with E-state index in [2.05, 4.69) is 5.32 Å². The highest BCUT2D eigenvalue weighted by molar-refractivity contribution is 6.06. The molecular formula is C14H9FN2O2. The summed E-state index contributed by atoms with van der Waals surface area (Å²) >= 11 is 0. The third-order valence-electron chi connectivity index (χ3n) is 2.50. The third-order valence-corrected chi connectivity index (χ3v) is 2.50. The fraction of sp³-hybridized carbons (Fsp3) is 0. The number of anilines is 1. The Morgan fingerprint density at radius 2 is 2.00 bits per heavy atom. The smallest absolute Gasteiger partial charge is 0.259 e. The summed E-state index contributed by atoms with van der Waals surface area (Å²) < 4.78 is 13.6. The summed E-state index contributed by atoms with van der Waals surface area (Å²) in [6.07, 6.45) is 0. The lowest BCUT2D eigenvalue weighted by Crippen LogP contribution is -2.13. The average Bonchev–Trinajstić information content (AvgIpc) is 2.41. The van der Waals surface area contributed by atoms with Crippen LogP contribution >= 0.6 is 0 Å². The van der Waals surface area contributed by atoms with E-state index in [-0.39, 0.29) is 22.6 Å². The maximum absolute atomic E-state index is 13.6. The summed E-state index contributed by atoms with van der Waals surface area (Å²) in [5.41, 5.74) is 0.163. The number of benzene rings is 2. The van der Waals surface area contributed by atoms with Gasteiger partial charge in [0.1, 0.15) is 11.6 Å². The summed E-state index contributed by atoms with van der Waals surface area (Å²) in [7, 11) is 0. The lowest BCUT2D eigenvalue weighted by Gasteiger charge is -2.07. The van der Waals surface area contributed by atoms with Crippen LogP contribution in [-0.4, -0.2) is 11.0 Å². The zero-order valence-electron chi connectivity index (χ0n) is 9.72. The van der Waals surface area contributed by atoms with Gasteiger partial charge in [-0.15, -0.1) is 0 Å². The quantitative estimate of drug-likeness (QED) is 0.867. The number of phenols is 1. The standard InChI is InChI=1S/C14H9FN2O2/c15-11-7-9(8-16)5-6-12(11)17-14(19)10-3-1-2-4-13(10)18/h1-7,18H,(H,17,19). The Morgan fingerprint density at radius 1 is 1.26 bits per heavy atom. The number of nitrogens with zero attached hydrogens (tertiary/aromatic N) is 1. The molecule has 2 aromatic carbocycles. The molecule has 0 aromatic heterocycles. The third kappa shape index (κ3) is 2.69. The molecule has 2 aromatic rings. The van der Waals surface area contributed by atoms with Crippen molar-refractivity contribution in [3.63, 3.8) is 0 Å². The van der Waals surface area contributed by atoms with Gasteiger partial charge in [-0.05, 0) is 30.3 Å². The maximum Gasteiger partial charge on any atom is 0.259 e. The van der Waals surface area contributed by atoms with Crippen molar-refractivity contribution in [3.8, 4) is 11.8 Å². The fourth-order valence-electron chi connectivity index (χ4n) is 1.54. The highest BCUT2D eigenvalue weighted by Gasteiger charge is 2.12. The SMILES string of the molecule is N#Cc1ccc(NC(=O)c2ccccc2O)c(F)c1. The number of rotatable bonds is 2. The molecule has 0 aliphatic rings. The van der Waals surface area contributed by atoms with Crippen molar-refractivity contribution < 1.29 is 14.3 Å². The fourth-order valence-corrected chi connectivity index (χ4v) is 1.54. The van der Waals surface area contributed by atoms with Gasteiger partial charge in [-0.1, -0.05) is 12.1 Å². The largest absolute Gasteiger partial charge is 0.507 e. The number of halogens is 1. The number of aromatic hydroxyl groups is 1. The zero-order valence-corrected chi connectivity index (χ0v) is 9.72. The van der Waals surface area contributed by atoms with Gasteiger partial charge in [0.25, 0.3) is 5.91 Å². The summed E-state index contributed by atoms with van der Waals surface area (Å²) in [6, 6.07) is 11.5. The minimum absolute atomic E-state index is 0.0475. The highest BCUT2D eigenvalue weighted by atomic mass is 19.1. The second-order valence-electron chi connectivity index (χ2n) is 3.78. The minimum Gasteiger partial charge on any atom is -0.507 e. The number of carbonyl (C=O) groups excluding carboxylic acids is 1. The van der Waals surface area contributed by atoms with Crippen LogP contribution in [0.5, 0.6) is 5.75 Å². The summed E-state index contributed by atoms with van der Waals surface area (Å²) in [6.45, 7) is 0. The second kappa shape index (κ2) is 5.19. The Kier molecular flexibility index (Phi) is 3.44. The van der Waals surface area contributed by atoms with Crippen LogP contribution in [0.4, 0.5) is 10.1 Å². The van der Waals surface area contributed by atoms with E-state index in [0.717, 1.165) is 6.07 Å². The number of nitriles is 1. The number of hydrogen-bond acceptors (Lipinski definition) is 3. The van der Waals surface area contributed by atoms with Gasteiger partial charge in [0, 0.05) is 0 Å². The van der Waals surface area contributed by atoms with E-state index in [4.69, 9.17) is 5.26 Å². The maximum atomic E-state index is 13.6. The molecule has 0 saturated carbocycles. The molecule has 0 radical (unpaired) electrons. The van der Waals surface area contributed by atoms with Gasteiger partial charge < -0.3 is 10.4 Å². The van der Waals surface area contributed by atoms with E-state index in [0.29, 0.717) is 0 Å². The topological polar surface area (TPSA) is 73.1 Å². The van der Waals surface area contributed by atoms with Crippen molar-refractivity contribution in [3.05, 3.63) is 59.4 Å². The van der Waals surface area contributed by atoms with E-state index in [1.165, 1.54) is 24.3 Å². The highest BCUT2D eigenvalue weighted by Crippen LogP contribution is 2.20. The van der Waals surface area contributed by atoms with E-state index >= 15 is 0 Å². The number of hydrogen-bond donors (Lipinski definition) is 2. The first kappa shape index (κ1) is 12.6. The first-order chi connectivity index (χ1) is 9.11. The van der Waals surface area contributed by atoms with Gasteiger partial charge in [-0.3, -0.25) is 4.79 Å². The molecule has 19 heavy (non-hydrogen) atoms. The molecule has 2 rings (SSSR count). The minimum atomic E-state index is -0.706. The molecular weight excluding hydrogens is 247 g/mol. The van der Waals surface area contributed by atoms with Crippen molar-refractivity contribution in [2.24, 2.45) is 0 Å². The number of para-hydroxylation sites is 1. The van der Waals surface area contributed by atoms with E-state index in [1.54, 1.807) is 18.2 Å². The van der Waals surface area contributed by atoms with E-state index < -0.39 is 11.7 Å². The molecule has 0 saturated heterocycles. The average molecular weight is 256 g/mol. The first-order valence-electron chi connectivity index (χ1n) is 5.41. The molecule has 0 heterocycles. The van der Waals surface area contributed by atoms with Crippen molar-refractivity contribution in [1.82, 2.24) is 0 Å². The monoisotopic (exact) mass is 256 g/mol. The predicted molar refractivity (Wildman–Crippen MR) is 67.2 cm³/mol. The molecule has 0 spiro atoms. The van der Waals surface area contributed by atoms with Gasteiger partial charge in [-0.2, -0.15) is 5.26 Å². The molecule has 1 amide bonds. The van der Waals surface area contributed by atoms with Crippen LogP contribution in [0.2, 0.25) is 0 Å². The molecule has 0 bridgehead atoms. The summed E-state index contributed by atoms with van der Waals surface area (Å²) in [4.78, 5) is 11.8. The number of carbonyl (C=O) groups is 1. The Hall–Kier alpha value is -2.87. The van der Waals surface area contributed by atoms with Crippen LogP contribution < -0.4 is 5.32 Å². The molecule has 4 nitrogen and oxygen atoms in total. The van der Waals surface area contributed by atoms with Crippen LogP contribution in [0.25, 0.3) is 0 Å². The van der Waals surface area contributed by atoms with Gasteiger partial charge in [0.2, 0.25) is 0 Å². The summed E-state index contributed by atoms with van der Waals surface area (Å²) in [5, 5.41) is 20.5. The van der Waals surface area contributed by atoms with Gasteiger partial charge in [0.15, 0.2) is 0 Å². The molecule has 0 fully saturated rings. The van der Waals surface area contributed by atoms with Gasteiger partial charge >= 0.3 is 0 Å². The number of nitrogens with one attached hydrogen (secondary N) is 1. The molecule has 0 atom stereocenters. The second-order valence-corrected chi connectivity index (χ2v) is 3.78. The molecule has 5 heteroatoms.